The highest BCUT2D eigenvalue weighted by Crippen LogP contribution is 2.32. The highest BCUT2D eigenvalue weighted by molar-refractivity contribution is 5.95. The molecule has 0 aliphatic carbocycles. The molecule has 1 spiro atoms. The first-order valence-electron chi connectivity index (χ1n) is 9.30. The molecule has 2 aromatic rings. The first-order chi connectivity index (χ1) is 13.4. The molecule has 4 rings (SSSR count). The van der Waals surface area contributed by atoms with Gasteiger partial charge in [0.15, 0.2) is 0 Å². The standard InChI is InChI=1S/C21H21F3N2O2/c22-16-3-1-4-19(10-16)26-14-21(28-12-20(26)27)5-2-6-25(13-21)11-15-7-17(23)9-18(24)8-15/h1,3-4,7-10H,2,5-6,11-14H2. The second kappa shape index (κ2) is 7.56. The summed E-state index contributed by atoms with van der Waals surface area (Å²) in [6, 6.07) is 9.47. The number of hydrogen-bond donors (Lipinski definition) is 0. The number of piperidine rings is 1. The Bertz CT molecular complexity index is 871. The van der Waals surface area contributed by atoms with Gasteiger partial charge in [-0.05, 0) is 55.3 Å². The molecule has 4 nitrogen and oxygen atoms in total. The number of morpholine rings is 1. The number of halogens is 3. The summed E-state index contributed by atoms with van der Waals surface area (Å²) in [5.41, 5.74) is 0.491. The second-order valence-corrected chi connectivity index (χ2v) is 7.52. The largest absolute Gasteiger partial charge is 0.362 e. The molecule has 2 aromatic carbocycles. The van der Waals surface area contributed by atoms with Crippen LogP contribution in [0.5, 0.6) is 0 Å². The van der Waals surface area contributed by atoms with E-state index in [-0.39, 0.29) is 12.5 Å². The van der Waals surface area contributed by atoms with Gasteiger partial charge in [0.2, 0.25) is 0 Å². The molecule has 0 N–H and O–H groups in total. The van der Waals surface area contributed by atoms with Crippen molar-refractivity contribution in [1.29, 1.82) is 0 Å². The van der Waals surface area contributed by atoms with Crippen LogP contribution in [0.2, 0.25) is 0 Å². The molecule has 2 saturated heterocycles. The highest BCUT2D eigenvalue weighted by atomic mass is 19.1. The summed E-state index contributed by atoms with van der Waals surface area (Å²) in [5, 5.41) is 0. The van der Waals surface area contributed by atoms with E-state index in [2.05, 4.69) is 4.90 Å². The Balaban J connectivity index is 1.51. The van der Waals surface area contributed by atoms with Crippen molar-refractivity contribution in [2.24, 2.45) is 0 Å². The SMILES string of the molecule is O=C1COC2(CCCN(Cc3cc(F)cc(F)c3)C2)CN1c1cccc(F)c1. The Morgan fingerprint density at radius 3 is 2.54 bits per heavy atom. The minimum atomic E-state index is -0.599. The molecule has 28 heavy (non-hydrogen) atoms. The van der Waals surface area contributed by atoms with E-state index in [4.69, 9.17) is 4.74 Å². The minimum Gasteiger partial charge on any atom is -0.362 e. The number of ether oxygens (including phenoxy) is 1. The number of carbonyl (C=O) groups excluding carboxylic acids is 1. The van der Waals surface area contributed by atoms with Crippen molar-refractivity contribution in [3.63, 3.8) is 0 Å². The number of carbonyl (C=O) groups is 1. The molecule has 7 heteroatoms. The smallest absolute Gasteiger partial charge is 0.253 e. The van der Waals surface area contributed by atoms with Crippen molar-refractivity contribution in [3.05, 3.63) is 65.5 Å². The number of amides is 1. The lowest BCUT2D eigenvalue weighted by Gasteiger charge is -2.47. The van der Waals surface area contributed by atoms with Crippen LogP contribution in [0.3, 0.4) is 0 Å². The van der Waals surface area contributed by atoms with Gasteiger partial charge in [-0.3, -0.25) is 9.69 Å². The predicted molar refractivity (Wildman–Crippen MR) is 98.3 cm³/mol. The normalized spacial score (nSPS) is 23.4. The summed E-state index contributed by atoms with van der Waals surface area (Å²) in [6.45, 7) is 1.96. The van der Waals surface area contributed by atoms with Crippen molar-refractivity contribution in [2.45, 2.75) is 25.0 Å². The fourth-order valence-electron chi connectivity index (χ4n) is 4.13. The third kappa shape index (κ3) is 4.05. The monoisotopic (exact) mass is 390 g/mol. The van der Waals surface area contributed by atoms with Gasteiger partial charge in [-0.15, -0.1) is 0 Å². The van der Waals surface area contributed by atoms with Crippen LogP contribution in [0.1, 0.15) is 18.4 Å². The van der Waals surface area contributed by atoms with E-state index in [9.17, 15) is 18.0 Å². The van der Waals surface area contributed by atoms with Gasteiger partial charge < -0.3 is 9.64 Å². The molecule has 2 fully saturated rings. The third-order valence-corrected chi connectivity index (χ3v) is 5.32. The van der Waals surface area contributed by atoms with Crippen LogP contribution in [-0.2, 0) is 16.1 Å². The topological polar surface area (TPSA) is 32.8 Å². The number of rotatable bonds is 3. The van der Waals surface area contributed by atoms with Crippen molar-refractivity contribution in [3.8, 4) is 0 Å². The van der Waals surface area contributed by atoms with E-state index >= 15 is 0 Å². The average Bonchev–Trinajstić information content (AvgIpc) is 2.63. The van der Waals surface area contributed by atoms with Crippen LogP contribution >= 0.6 is 0 Å². The zero-order chi connectivity index (χ0) is 19.7. The van der Waals surface area contributed by atoms with Crippen molar-refractivity contribution in [2.75, 3.05) is 31.1 Å². The van der Waals surface area contributed by atoms with Gasteiger partial charge in [0, 0.05) is 24.8 Å². The Labute approximate surface area is 161 Å². The lowest BCUT2D eigenvalue weighted by molar-refractivity contribution is -0.146. The fraction of sp³-hybridized carbons (Fsp3) is 0.381. The molecule has 2 aliphatic rings. The second-order valence-electron chi connectivity index (χ2n) is 7.52. The Morgan fingerprint density at radius 2 is 1.79 bits per heavy atom. The van der Waals surface area contributed by atoms with Crippen molar-refractivity contribution >= 4 is 11.6 Å². The van der Waals surface area contributed by atoms with Gasteiger partial charge in [-0.25, -0.2) is 13.2 Å². The van der Waals surface area contributed by atoms with Gasteiger partial charge in [-0.2, -0.15) is 0 Å². The van der Waals surface area contributed by atoms with E-state index in [0.29, 0.717) is 30.9 Å². The molecule has 1 unspecified atom stereocenters. The zero-order valence-electron chi connectivity index (χ0n) is 15.3. The van der Waals surface area contributed by atoms with Gasteiger partial charge in [-0.1, -0.05) is 6.07 Å². The maximum atomic E-state index is 13.6. The van der Waals surface area contributed by atoms with E-state index in [1.54, 1.807) is 17.0 Å². The molecule has 1 atom stereocenters. The lowest BCUT2D eigenvalue weighted by atomic mass is 9.90. The van der Waals surface area contributed by atoms with Crippen LogP contribution in [0.25, 0.3) is 0 Å². The predicted octanol–water partition coefficient (Wildman–Crippen LogP) is 3.50. The number of nitrogens with zero attached hydrogens (tertiary/aromatic N) is 2. The molecule has 1 amide bonds. The summed E-state index contributed by atoms with van der Waals surface area (Å²) in [4.78, 5) is 16.0. The van der Waals surface area contributed by atoms with Crippen LogP contribution in [-0.4, -0.2) is 42.6 Å². The fourth-order valence-corrected chi connectivity index (χ4v) is 4.13. The highest BCUT2D eigenvalue weighted by Gasteiger charge is 2.43. The van der Waals surface area contributed by atoms with E-state index in [0.717, 1.165) is 25.5 Å². The van der Waals surface area contributed by atoms with Crippen LogP contribution in [0.4, 0.5) is 18.9 Å². The van der Waals surface area contributed by atoms with E-state index < -0.39 is 23.1 Å². The molecule has 0 radical (unpaired) electrons. The van der Waals surface area contributed by atoms with Gasteiger partial charge >= 0.3 is 0 Å². The molecule has 148 valence electrons. The van der Waals surface area contributed by atoms with E-state index in [1.165, 1.54) is 24.3 Å². The van der Waals surface area contributed by atoms with E-state index in [1.807, 2.05) is 0 Å². The minimum absolute atomic E-state index is 0.0705. The van der Waals surface area contributed by atoms with Crippen molar-refractivity contribution < 1.29 is 22.7 Å². The zero-order valence-corrected chi connectivity index (χ0v) is 15.3. The molecule has 2 heterocycles. The van der Waals surface area contributed by atoms with Gasteiger partial charge in [0.05, 0.1) is 12.1 Å². The Hall–Kier alpha value is -2.38. The number of anilines is 1. The van der Waals surface area contributed by atoms with Crippen LogP contribution in [0.15, 0.2) is 42.5 Å². The Morgan fingerprint density at radius 1 is 1.00 bits per heavy atom. The van der Waals surface area contributed by atoms with Crippen LogP contribution < -0.4 is 4.90 Å². The van der Waals surface area contributed by atoms with Crippen molar-refractivity contribution in [1.82, 2.24) is 4.90 Å². The first-order valence-corrected chi connectivity index (χ1v) is 9.30. The summed E-state index contributed by atoms with van der Waals surface area (Å²) >= 11 is 0. The lowest BCUT2D eigenvalue weighted by Crippen LogP contribution is -2.61. The molecule has 2 aliphatic heterocycles. The number of benzene rings is 2. The van der Waals surface area contributed by atoms with Gasteiger partial charge in [0.1, 0.15) is 24.1 Å². The summed E-state index contributed by atoms with van der Waals surface area (Å²) in [7, 11) is 0. The molecule has 0 bridgehead atoms. The summed E-state index contributed by atoms with van der Waals surface area (Å²) in [6.07, 6.45) is 1.60. The average molecular weight is 390 g/mol. The maximum absolute atomic E-state index is 13.6. The molecule has 0 saturated carbocycles. The Kier molecular flexibility index (Phi) is 5.12. The summed E-state index contributed by atoms with van der Waals surface area (Å²) < 4.78 is 46.5. The molecule has 0 aromatic heterocycles. The maximum Gasteiger partial charge on any atom is 0.253 e. The van der Waals surface area contributed by atoms with Crippen LogP contribution in [0, 0.1) is 17.5 Å². The summed E-state index contributed by atoms with van der Waals surface area (Å²) in [5.74, 6) is -1.80. The molecular formula is C21H21F3N2O2. The number of likely N-dealkylation sites (tertiary alicyclic amines) is 1. The quantitative estimate of drug-likeness (QED) is 0.804. The molecular weight excluding hydrogens is 369 g/mol. The number of hydrogen-bond acceptors (Lipinski definition) is 3. The third-order valence-electron chi connectivity index (χ3n) is 5.32. The van der Waals surface area contributed by atoms with Gasteiger partial charge in [0.25, 0.3) is 5.91 Å². The first kappa shape index (κ1) is 19.0.